The maximum atomic E-state index is 14.5. The normalized spacial score (nSPS) is 26.0. The molecule has 0 radical (unpaired) electrons. The van der Waals surface area contributed by atoms with Crippen LogP contribution in [-0.4, -0.2) is 91.7 Å². The lowest BCUT2D eigenvalue weighted by Gasteiger charge is -2.36. The quantitative estimate of drug-likeness (QED) is 0.183. The maximum absolute atomic E-state index is 14.5. The van der Waals surface area contributed by atoms with E-state index in [0.29, 0.717) is 50.6 Å². The van der Waals surface area contributed by atoms with Crippen LogP contribution in [0.1, 0.15) is 51.4 Å². The summed E-state index contributed by atoms with van der Waals surface area (Å²) in [5, 5.41) is 17.7. The highest BCUT2D eigenvalue weighted by atomic mass is 16.6. The van der Waals surface area contributed by atoms with E-state index in [4.69, 9.17) is 9.47 Å². The van der Waals surface area contributed by atoms with E-state index >= 15 is 0 Å². The maximum Gasteiger partial charge on any atom is 0.312 e. The molecule has 11 nitrogen and oxygen atoms in total. The molecule has 1 N–H and O–H groups in total. The van der Waals surface area contributed by atoms with Gasteiger partial charge in [-0.3, -0.25) is 14.4 Å². The molecule has 3 aliphatic heterocycles. The lowest BCUT2D eigenvalue weighted by atomic mass is 9.70. The van der Waals surface area contributed by atoms with Crippen LogP contribution in [0.2, 0.25) is 0 Å². The molecule has 2 aromatic rings. The van der Waals surface area contributed by atoms with Gasteiger partial charge in [0.1, 0.15) is 23.8 Å². The summed E-state index contributed by atoms with van der Waals surface area (Å²) in [7, 11) is 0. The molecule has 5 atom stereocenters. The number of hydrogen-bond acceptors (Lipinski definition) is 8. The van der Waals surface area contributed by atoms with E-state index in [-0.39, 0.29) is 38.2 Å². The Balaban J connectivity index is 1.42. The van der Waals surface area contributed by atoms with Gasteiger partial charge in [0.05, 0.1) is 30.1 Å². The number of nitrogens with zero attached hydrogens (tertiary/aromatic N) is 5. The van der Waals surface area contributed by atoms with Gasteiger partial charge in [-0.2, -0.15) is 0 Å². The van der Waals surface area contributed by atoms with E-state index in [2.05, 4.69) is 23.5 Å². The monoisotopic (exact) mass is 579 g/mol. The molecule has 3 fully saturated rings. The number of aromatic nitrogens is 3. The van der Waals surface area contributed by atoms with Gasteiger partial charge >= 0.3 is 5.97 Å². The second-order valence-electron chi connectivity index (χ2n) is 11.4. The number of carbonyl (C=O) groups excluding carboxylic acids is 3. The van der Waals surface area contributed by atoms with Gasteiger partial charge in [0, 0.05) is 19.7 Å². The van der Waals surface area contributed by atoms with Crippen LogP contribution in [0.3, 0.4) is 0 Å². The molecule has 3 saturated heterocycles. The van der Waals surface area contributed by atoms with Crippen molar-refractivity contribution in [2.45, 2.75) is 75.8 Å². The molecule has 3 aliphatic rings. The second kappa shape index (κ2) is 13.2. The average Bonchev–Trinajstić information content (AvgIpc) is 3.74. The SMILES string of the molecule is C=CCCCCOC(=O)[C@@H]1[C@H]2C(=O)N(CCCCCO)C(C(=O)N(CC=C)Cn3nnc4ccccc43)C23CC[C@H]1O3. The lowest BCUT2D eigenvalue weighted by molar-refractivity contribution is -0.155. The van der Waals surface area contributed by atoms with Crippen LogP contribution >= 0.6 is 0 Å². The highest BCUT2D eigenvalue weighted by Gasteiger charge is 2.75. The summed E-state index contributed by atoms with van der Waals surface area (Å²) in [6, 6.07) is 6.62. The van der Waals surface area contributed by atoms with Gasteiger partial charge in [0.2, 0.25) is 11.8 Å². The third kappa shape index (κ3) is 5.47. The number of hydrogen-bond donors (Lipinski definition) is 1. The summed E-state index contributed by atoms with van der Waals surface area (Å²) in [6.45, 7) is 8.60. The number of rotatable bonds is 16. The fraction of sp³-hybridized carbons (Fsp3) is 0.581. The molecule has 1 aromatic carbocycles. The van der Waals surface area contributed by atoms with Crippen molar-refractivity contribution in [2.24, 2.45) is 11.8 Å². The van der Waals surface area contributed by atoms with E-state index in [1.54, 1.807) is 20.6 Å². The van der Waals surface area contributed by atoms with Crippen LogP contribution in [0, 0.1) is 11.8 Å². The number of likely N-dealkylation sites (tertiary alicyclic amines) is 1. The summed E-state index contributed by atoms with van der Waals surface area (Å²) < 4.78 is 13.8. The number of para-hydroxylation sites is 1. The highest BCUT2D eigenvalue weighted by Crippen LogP contribution is 2.58. The fourth-order valence-corrected chi connectivity index (χ4v) is 6.90. The number of benzene rings is 1. The highest BCUT2D eigenvalue weighted by molar-refractivity contribution is 5.98. The molecule has 2 amide bonds. The van der Waals surface area contributed by atoms with Crippen LogP contribution in [-0.2, 0) is 30.5 Å². The fourth-order valence-electron chi connectivity index (χ4n) is 6.90. The van der Waals surface area contributed by atoms with Crippen molar-refractivity contribution in [1.82, 2.24) is 24.8 Å². The first-order chi connectivity index (χ1) is 20.5. The zero-order valence-electron chi connectivity index (χ0n) is 24.1. The van der Waals surface area contributed by atoms with Crippen molar-refractivity contribution in [3.63, 3.8) is 0 Å². The third-order valence-corrected chi connectivity index (χ3v) is 8.80. The number of carbonyl (C=O) groups is 3. The molecular weight excluding hydrogens is 538 g/mol. The minimum atomic E-state index is -1.10. The first kappa shape index (κ1) is 29.9. The molecule has 4 heterocycles. The van der Waals surface area contributed by atoms with E-state index in [9.17, 15) is 19.5 Å². The summed E-state index contributed by atoms with van der Waals surface area (Å²) in [6.07, 6.45) is 8.47. The summed E-state index contributed by atoms with van der Waals surface area (Å²) in [4.78, 5) is 45.2. The number of aliphatic hydroxyl groups is 1. The molecule has 2 bridgehead atoms. The molecule has 1 spiro atoms. The predicted octanol–water partition coefficient (Wildman–Crippen LogP) is 2.84. The Labute approximate surface area is 246 Å². The molecule has 0 aliphatic carbocycles. The van der Waals surface area contributed by atoms with Gasteiger partial charge in [0.25, 0.3) is 0 Å². The molecule has 1 aromatic heterocycles. The molecule has 5 rings (SSSR count). The lowest BCUT2D eigenvalue weighted by Crippen LogP contribution is -2.56. The topological polar surface area (TPSA) is 127 Å². The van der Waals surface area contributed by atoms with Crippen LogP contribution < -0.4 is 0 Å². The van der Waals surface area contributed by atoms with E-state index < -0.39 is 35.6 Å². The predicted molar refractivity (Wildman–Crippen MR) is 155 cm³/mol. The van der Waals surface area contributed by atoms with Crippen LogP contribution in [0.25, 0.3) is 11.0 Å². The largest absolute Gasteiger partial charge is 0.465 e. The molecule has 226 valence electrons. The average molecular weight is 580 g/mol. The van der Waals surface area contributed by atoms with Gasteiger partial charge in [-0.15, -0.1) is 18.3 Å². The number of allylic oxidation sites excluding steroid dienone is 1. The zero-order valence-corrected chi connectivity index (χ0v) is 24.1. The molecule has 42 heavy (non-hydrogen) atoms. The van der Waals surface area contributed by atoms with Crippen LogP contribution in [0.4, 0.5) is 0 Å². The van der Waals surface area contributed by atoms with Crippen LogP contribution in [0.5, 0.6) is 0 Å². The smallest absolute Gasteiger partial charge is 0.312 e. The van der Waals surface area contributed by atoms with E-state index in [0.717, 1.165) is 18.4 Å². The van der Waals surface area contributed by atoms with Gasteiger partial charge in [-0.05, 0) is 63.5 Å². The third-order valence-electron chi connectivity index (χ3n) is 8.80. The number of unbranched alkanes of at least 4 members (excludes halogenated alkanes) is 4. The molecule has 2 unspecified atom stereocenters. The number of fused-ring (bicyclic) bond motifs is 2. The Bertz CT molecular complexity index is 1310. The summed E-state index contributed by atoms with van der Waals surface area (Å²) in [5.41, 5.74) is 0.395. The first-order valence-corrected chi connectivity index (χ1v) is 15.0. The second-order valence-corrected chi connectivity index (χ2v) is 11.4. The summed E-state index contributed by atoms with van der Waals surface area (Å²) >= 11 is 0. The number of ether oxygens (including phenoxy) is 2. The van der Waals surface area contributed by atoms with E-state index in [1.807, 2.05) is 30.3 Å². The molecular formula is C31H41N5O6. The van der Waals surface area contributed by atoms with Gasteiger partial charge in [-0.1, -0.05) is 29.5 Å². The van der Waals surface area contributed by atoms with Gasteiger partial charge in [0.15, 0.2) is 0 Å². The Morgan fingerprint density at radius 1 is 1.17 bits per heavy atom. The Hall–Kier alpha value is -3.57. The minimum Gasteiger partial charge on any atom is -0.465 e. The van der Waals surface area contributed by atoms with Crippen molar-refractivity contribution >= 4 is 28.8 Å². The Morgan fingerprint density at radius 3 is 2.79 bits per heavy atom. The van der Waals surface area contributed by atoms with Gasteiger partial charge in [-0.25, -0.2) is 4.68 Å². The number of aliphatic hydroxyl groups excluding tert-OH is 1. The van der Waals surface area contributed by atoms with Crippen molar-refractivity contribution in [3.8, 4) is 0 Å². The summed E-state index contributed by atoms with van der Waals surface area (Å²) in [5.74, 6) is -2.45. The minimum absolute atomic E-state index is 0.0628. The Kier molecular flexibility index (Phi) is 9.37. The standard InChI is InChI=1S/C31H41N5O6/c1-3-5-6-12-20-41-30(40)25-24-15-16-31(42-24)26(25)28(38)35(18-10-7-11-19-37)27(31)29(39)34(17-4-2)21-36-23-14-9-8-13-22(23)32-33-36/h3-4,8-9,13-14,24-27,37H,1-2,5-7,10-12,15-21H2/t24-,25+,26+,27?,31?/m1/s1. The first-order valence-electron chi connectivity index (χ1n) is 15.0. The van der Waals surface area contributed by atoms with Crippen molar-refractivity contribution < 1.29 is 29.0 Å². The van der Waals surface area contributed by atoms with Crippen molar-refractivity contribution in [1.29, 1.82) is 0 Å². The van der Waals surface area contributed by atoms with E-state index in [1.165, 1.54) is 0 Å². The van der Waals surface area contributed by atoms with Gasteiger partial charge < -0.3 is 24.4 Å². The number of esters is 1. The Morgan fingerprint density at radius 2 is 2.00 bits per heavy atom. The number of amides is 2. The zero-order chi connectivity index (χ0) is 29.7. The van der Waals surface area contributed by atoms with Crippen molar-refractivity contribution in [2.75, 3.05) is 26.3 Å². The molecule has 11 heteroatoms. The van der Waals surface area contributed by atoms with Crippen LogP contribution in [0.15, 0.2) is 49.6 Å². The van der Waals surface area contributed by atoms with Crippen molar-refractivity contribution in [3.05, 3.63) is 49.6 Å². The molecule has 0 saturated carbocycles.